The molecule has 18 heavy (non-hydrogen) atoms. The summed E-state index contributed by atoms with van der Waals surface area (Å²) in [7, 11) is 0. The number of fused-ring (bicyclic) bond motifs is 2. The Kier molecular flexibility index (Phi) is 2.78. The summed E-state index contributed by atoms with van der Waals surface area (Å²) in [4.78, 5) is 10.8. The van der Waals surface area contributed by atoms with E-state index in [1.165, 1.54) is 21.9 Å². The second-order valence-corrected chi connectivity index (χ2v) is 5.17. The Hall–Kier alpha value is -1.83. The summed E-state index contributed by atoms with van der Waals surface area (Å²) in [6.07, 6.45) is 3.22. The van der Waals surface area contributed by atoms with Crippen LogP contribution >= 0.6 is 0 Å². The Morgan fingerprint density at radius 3 is 2.50 bits per heavy atom. The minimum Gasteiger partial charge on any atom is -0.481 e. The lowest BCUT2D eigenvalue weighted by atomic mass is 9.81. The zero-order chi connectivity index (χ0) is 12.5. The fourth-order valence-corrected chi connectivity index (χ4v) is 2.95. The van der Waals surface area contributed by atoms with Crippen molar-refractivity contribution < 1.29 is 9.90 Å². The van der Waals surface area contributed by atoms with Gasteiger partial charge in [-0.3, -0.25) is 4.79 Å². The summed E-state index contributed by atoms with van der Waals surface area (Å²) in [5.74, 6) is -0.375. The molecule has 0 aromatic heterocycles. The topological polar surface area (TPSA) is 37.3 Å². The smallest absolute Gasteiger partial charge is 0.303 e. The van der Waals surface area contributed by atoms with Crippen LogP contribution in [0.1, 0.15) is 24.0 Å². The Bertz CT molecular complexity index is 601. The van der Waals surface area contributed by atoms with Crippen LogP contribution in [0, 0.1) is 5.92 Å². The van der Waals surface area contributed by atoms with E-state index >= 15 is 0 Å². The van der Waals surface area contributed by atoms with Crippen molar-refractivity contribution in [3.8, 4) is 0 Å². The number of carbonyl (C=O) groups is 1. The SMILES string of the molecule is O=C(O)CC1CCc2cc3ccccc3cc2C1. The van der Waals surface area contributed by atoms with Gasteiger partial charge in [-0.2, -0.15) is 0 Å². The molecule has 1 atom stereocenters. The van der Waals surface area contributed by atoms with Crippen LogP contribution in [0.25, 0.3) is 10.8 Å². The molecule has 2 aromatic carbocycles. The fraction of sp³-hybridized carbons (Fsp3) is 0.312. The van der Waals surface area contributed by atoms with Gasteiger partial charge in [0.25, 0.3) is 0 Å². The highest BCUT2D eigenvalue weighted by atomic mass is 16.4. The zero-order valence-corrected chi connectivity index (χ0v) is 10.2. The van der Waals surface area contributed by atoms with Gasteiger partial charge < -0.3 is 5.11 Å². The van der Waals surface area contributed by atoms with Gasteiger partial charge in [0, 0.05) is 6.42 Å². The molecule has 3 rings (SSSR count). The molecule has 0 saturated carbocycles. The number of hydrogen-bond acceptors (Lipinski definition) is 1. The molecule has 0 saturated heterocycles. The Morgan fingerprint density at radius 2 is 1.83 bits per heavy atom. The number of carboxylic acids is 1. The first kappa shape index (κ1) is 11.3. The lowest BCUT2D eigenvalue weighted by Crippen LogP contribution is -2.17. The van der Waals surface area contributed by atoms with Crippen LogP contribution in [0.15, 0.2) is 36.4 Å². The predicted molar refractivity (Wildman–Crippen MR) is 71.7 cm³/mol. The third-order valence-electron chi connectivity index (χ3n) is 3.86. The first-order valence-corrected chi connectivity index (χ1v) is 6.45. The van der Waals surface area contributed by atoms with Crippen LogP contribution in [0.2, 0.25) is 0 Å². The van der Waals surface area contributed by atoms with Gasteiger partial charge in [-0.1, -0.05) is 36.4 Å². The van der Waals surface area contributed by atoms with Gasteiger partial charge in [0.1, 0.15) is 0 Å². The maximum absolute atomic E-state index is 10.8. The number of aliphatic carboxylic acids is 1. The van der Waals surface area contributed by atoms with E-state index < -0.39 is 5.97 Å². The van der Waals surface area contributed by atoms with Gasteiger partial charge >= 0.3 is 5.97 Å². The first-order chi connectivity index (χ1) is 8.72. The standard InChI is InChI=1S/C16H16O2/c17-16(18)8-11-5-6-14-9-12-3-1-2-4-13(12)10-15(14)7-11/h1-4,9-11H,5-8H2,(H,17,18). The monoisotopic (exact) mass is 240 g/mol. The molecule has 0 aliphatic heterocycles. The summed E-state index contributed by atoms with van der Waals surface area (Å²) < 4.78 is 0. The van der Waals surface area contributed by atoms with E-state index in [-0.39, 0.29) is 0 Å². The van der Waals surface area contributed by atoms with E-state index in [4.69, 9.17) is 5.11 Å². The van der Waals surface area contributed by atoms with Crippen LogP contribution in [-0.2, 0) is 17.6 Å². The van der Waals surface area contributed by atoms with Crippen molar-refractivity contribution in [3.05, 3.63) is 47.5 Å². The van der Waals surface area contributed by atoms with Gasteiger partial charge in [0.15, 0.2) is 0 Å². The zero-order valence-electron chi connectivity index (χ0n) is 10.2. The number of hydrogen-bond donors (Lipinski definition) is 1. The van der Waals surface area contributed by atoms with Crippen LogP contribution in [0.3, 0.4) is 0 Å². The van der Waals surface area contributed by atoms with E-state index in [0.717, 1.165) is 19.3 Å². The van der Waals surface area contributed by atoms with Gasteiger partial charge in [0.05, 0.1) is 0 Å². The normalized spacial score (nSPS) is 18.6. The molecule has 0 amide bonds. The fourth-order valence-electron chi connectivity index (χ4n) is 2.95. The van der Waals surface area contributed by atoms with Gasteiger partial charge in [0.2, 0.25) is 0 Å². The van der Waals surface area contributed by atoms with E-state index in [1.807, 2.05) is 6.07 Å². The molecule has 0 heterocycles. The van der Waals surface area contributed by atoms with Crippen molar-refractivity contribution in [2.75, 3.05) is 0 Å². The molecule has 1 N–H and O–H groups in total. The quantitative estimate of drug-likeness (QED) is 0.873. The van der Waals surface area contributed by atoms with Crippen LogP contribution in [-0.4, -0.2) is 11.1 Å². The molecule has 0 bridgehead atoms. The van der Waals surface area contributed by atoms with E-state index in [9.17, 15) is 4.79 Å². The van der Waals surface area contributed by atoms with Crippen LogP contribution < -0.4 is 0 Å². The average molecular weight is 240 g/mol. The van der Waals surface area contributed by atoms with Crippen molar-refractivity contribution in [2.24, 2.45) is 5.92 Å². The minimum absolute atomic E-state index is 0.298. The molecule has 2 heteroatoms. The summed E-state index contributed by atoms with van der Waals surface area (Å²) in [6.45, 7) is 0. The highest BCUT2D eigenvalue weighted by Gasteiger charge is 2.21. The van der Waals surface area contributed by atoms with Crippen LogP contribution in [0.4, 0.5) is 0 Å². The maximum Gasteiger partial charge on any atom is 0.303 e. The molecule has 1 aliphatic rings. The minimum atomic E-state index is -0.677. The Morgan fingerprint density at radius 1 is 1.17 bits per heavy atom. The Balaban J connectivity index is 1.95. The molecule has 1 aliphatic carbocycles. The Labute approximate surface area is 106 Å². The molecule has 0 radical (unpaired) electrons. The second kappa shape index (κ2) is 4.45. The van der Waals surface area contributed by atoms with E-state index in [1.54, 1.807) is 0 Å². The number of carboxylic acid groups (broad SMARTS) is 1. The third kappa shape index (κ3) is 2.10. The lowest BCUT2D eigenvalue weighted by molar-refractivity contribution is -0.138. The van der Waals surface area contributed by atoms with Crippen molar-refractivity contribution in [1.82, 2.24) is 0 Å². The number of benzene rings is 2. The second-order valence-electron chi connectivity index (χ2n) is 5.17. The molecule has 1 unspecified atom stereocenters. The van der Waals surface area contributed by atoms with Crippen molar-refractivity contribution in [3.63, 3.8) is 0 Å². The molecular weight excluding hydrogens is 224 g/mol. The molecule has 92 valence electrons. The predicted octanol–water partition coefficient (Wildman–Crippen LogP) is 3.42. The summed E-state index contributed by atoms with van der Waals surface area (Å²) >= 11 is 0. The molecule has 0 spiro atoms. The molecular formula is C16H16O2. The van der Waals surface area contributed by atoms with Gasteiger partial charge in [-0.15, -0.1) is 0 Å². The molecule has 2 nitrogen and oxygen atoms in total. The van der Waals surface area contributed by atoms with Crippen molar-refractivity contribution >= 4 is 16.7 Å². The van der Waals surface area contributed by atoms with Crippen LogP contribution in [0.5, 0.6) is 0 Å². The number of aryl methyl sites for hydroxylation is 1. The highest BCUT2D eigenvalue weighted by molar-refractivity contribution is 5.84. The average Bonchev–Trinajstić information content (AvgIpc) is 2.35. The van der Waals surface area contributed by atoms with E-state index in [0.29, 0.717) is 12.3 Å². The third-order valence-corrected chi connectivity index (χ3v) is 3.86. The van der Waals surface area contributed by atoms with E-state index in [2.05, 4.69) is 30.3 Å². The lowest BCUT2D eigenvalue weighted by Gasteiger charge is -2.24. The van der Waals surface area contributed by atoms with Crippen molar-refractivity contribution in [1.29, 1.82) is 0 Å². The first-order valence-electron chi connectivity index (χ1n) is 6.45. The molecule has 2 aromatic rings. The van der Waals surface area contributed by atoms with Gasteiger partial charge in [-0.05, 0) is 47.1 Å². The maximum atomic E-state index is 10.8. The summed E-state index contributed by atoms with van der Waals surface area (Å²) in [6, 6.07) is 12.9. The van der Waals surface area contributed by atoms with Crippen molar-refractivity contribution in [2.45, 2.75) is 25.7 Å². The number of rotatable bonds is 2. The summed E-state index contributed by atoms with van der Waals surface area (Å²) in [5, 5.41) is 11.4. The van der Waals surface area contributed by atoms with Gasteiger partial charge in [-0.25, -0.2) is 0 Å². The highest BCUT2D eigenvalue weighted by Crippen LogP contribution is 2.30. The summed E-state index contributed by atoms with van der Waals surface area (Å²) in [5.41, 5.74) is 2.74. The largest absolute Gasteiger partial charge is 0.481 e. The molecule has 0 fully saturated rings.